The number of hydrogen-bond acceptors (Lipinski definition) is 13. The van der Waals surface area contributed by atoms with Gasteiger partial charge in [-0.05, 0) is 57.8 Å². The van der Waals surface area contributed by atoms with Crippen LogP contribution in [0.2, 0.25) is 0 Å². The molecule has 2 aliphatic rings. The molecule has 0 aliphatic carbocycles. The first-order chi connectivity index (χ1) is 45.6. The molecule has 2 fully saturated rings. The normalized spacial score (nSPS) is 22.8. The molecule has 1 amide bonds. The maximum Gasteiger partial charge on any atom is 0.220 e. The Bertz CT molecular complexity index is 1750. The molecule has 9 N–H and O–H groups in total. The average molecular weight is 1320 g/mol. The van der Waals surface area contributed by atoms with Gasteiger partial charge in [0.2, 0.25) is 5.91 Å². The number of amides is 1. The van der Waals surface area contributed by atoms with Crippen LogP contribution in [-0.4, -0.2) is 140 Å². The van der Waals surface area contributed by atoms with Crippen molar-refractivity contribution in [3.63, 3.8) is 0 Å². The van der Waals surface area contributed by atoms with Crippen molar-refractivity contribution in [1.29, 1.82) is 0 Å². The van der Waals surface area contributed by atoms with Crippen molar-refractivity contribution in [3.05, 3.63) is 48.6 Å². The predicted octanol–water partition coefficient (Wildman–Crippen LogP) is 17.4. The first-order valence-electron chi connectivity index (χ1n) is 39.4. The lowest BCUT2D eigenvalue weighted by Crippen LogP contribution is -2.65. The van der Waals surface area contributed by atoms with E-state index in [2.05, 4.69) is 55.6 Å². The van der Waals surface area contributed by atoms with Crippen molar-refractivity contribution < 1.29 is 64.6 Å². The largest absolute Gasteiger partial charge is 0.394 e. The van der Waals surface area contributed by atoms with Crippen LogP contribution >= 0.6 is 0 Å². The van der Waals surface area contributed by atoms with Crippen LogP contribution in [0.15, 0.2) is 48.6 Å². The molecule has 2 rings (SSSR count). The van der Waals surface area contributed by atoms with Crippen LogP contribution < -0.4 is 5.32 Å². The Morgan fingerprint density at radius 1 is 0.387 bits per heavy atom. The summed E-state index contributed by atoms with van der Waals surface area (Å²) < 4.78 is 22.9. The third kappa shape index (κ3) is 46.8. The highest BCUT2D eigenvalue weighted by atomic mass is 16.7. The number of carbonyl (C=O) groups excluding carboxylic acids is 1. The van der Waals surface area contributed by atoms with Gasteiger partial charge in [-0.2, -0.15) is 0 Å². The molecule has 12 atom stereocenters. The van der Waals surface area contributed by atoms with Crippen molar-refractivity contribution in [3.8, 4) is 0 Å². The number of allylic oxidation sites excluding steroid dienone is 7. The molecule has 0 spiro atoms. The quantitative estimate of drug-likeness (QED) is 0.0204. The van der Waals surface area contributed by atoms with Crippen LogP contribution in [0.4, 0.5) is 0 Å². The molecule has 14 heteroatoms. The second-order valence-electron chi connectivity index (χ2n) is 27.8. The van der Waals surface area contributed by atoms with Crippen molar-refractivity contribution in [1.82, 2.24) is 5.32 Å². The van der Waals surface area contributed by atoms with E-state index in [0.717, 1.165) is 51.4 Å². The van der Waals surface area contributed by atoms with Crippen LogP contribution in [0.25, 0.3) is 0 Å². The summed E-state index contributed by atoms with van der Waals surface area (Å²) in [6, 6.07) is -0.916. The molecular formula is C79H147NO13. The maximum absolute atomic E-state index is 13.4. The van der Waals surface area contributed by atoms with Crippen LogP contribution in [-0.2, 0) is 23.7 Å². The Kier molecular flexibility index (Phi) is 59.3. The standard InChI is InChI=1S/C79H147NO13/c1-3-5-7-9-11-13-15-17-19-21-23-25-27-29-30-31-32-33-34-35-36-37-38-39-41-43-45-47-49-51-53-55-57-59-61-63-71(84)80-67(66-90-78-76(89)74(87)77(70(65-82)92-78)93-79-75(88)73(86)72(85)69(64-81)91-79)68(83)62-60-58-56-54-52-50-48-46-44-42-40-28-26-24-22-20-18-16-14-12-10-8-6-4-2/h15,17,21,23,27,29,60,62,67-70,72-79,81-83,85-89H,3-14,16,18-20,22,24-26,28,30-59,61,63-66H2,1-2H3,(H,80,84)/b17-15-,23-21-,29-27-,62-60+. The summed E-state index contributed by atoms with van der Waals surface area (Å²) in [6.07, 6.45) is 67.6. The number of nitrogens with one attached hydrogen (secondary N) is 1. The van der Waals surface area contributed by atoms with E-state index in [1.54, 1.807) is 6.08 Å². The van der Waals surface area contributed by atoms with Gasteiger partial charge in [-0.25, -0.2) is 0 Å². The summed E-state index contributed by atoms with van der Waals surface area (Å²) in [5, 5.41) is 87.6. The van der Waals surface area contributed by atoms with E-state index in [4.69, 9.17) is 18.9 Å². The third-order valence-electron chi connectivity index (χ3n) is 19.3. The molecule has 0 aromatic heterocycles. The van der Waals surface area contributed by atoms with Gasteiger partial charge >= 0.3 is 0 Å². The minimum atomic E-state index is -1.79. The lowest BCUT2D eigenvalue weighted by molar-refractivity contribution is -0.359. The molecule has 0 bridgehead atoms. The van der Waals surface area contributed by atoms with Gasteiger partial charge in [0.1, 0.15) is 48.8 Å². The fraction of sp³-hybridized carbons (Fsp3) is 0.886. The number of aliphatic hydroxyl groups excluding tert-OH is 8. The van der Waals surface area contributed by atoms with E-state index >= 15 is 0 Å². The van der Waals surface area contributed by atoms with Crippen molar-refractivity contribution in [2.45, 2.75) is 428 Å². The number of hydrogen-bond donors (Lipinski definition) is 9. The molecule has 2 saturated heterocycles. The zero-order chi connectivity index (χ0) is 67.3. The summed E-state index contributed by atoms with van der Waals surface area (Å²) in [5.41, 5.74) is 0. The number of unbranched alkanes of at least 4 members (excludes halogenated alkanes) is 47. The van der Waals surface area contributed by atoms with Gasteiger partial charge in [0.15, 0.2) is 12.6 Å². The SMILES string of the molecule is CCCCCCC/C=C\C/C=C\C/C=C\CCCCCCCCCCCCCCCCCCCCCCC(=O)NC(COC1OC(CO)C(OC2OC(CO)C(O)C(O)C2O)C(O)C1O)C(O)/C=C/CCCCCCCCCCCCCCCCCCCCCCCC. The number of carbonyl (C=O) groups is 1. The molecule has 12 unspecified atom stereocenters. The topological polar surface area (TPSA) is 228 Å². The van der Waals surface area contributed by atoms with Gasteiger partial charge in [-0.1, -0.05) is 339 Å². The van der Waals surface area contributed by atoms with Crippen LogP contribution in [0.1, 0.15) is 354 Å². The second-order valence-corrected chi connectivity index (χ2v) is 27.8. The van der Waals surface area contributed by atoms with Gasteiger partial charge in [0, 0.05) is 6.42 Å². The summed E-state index contributed by atoms with van der Waals surface area (Å²) in [4.78, 5) is 13.4. The number of rotatable bonds is 66. The van der Waals surface area contributed by atoms with Crippen LogP contribution in [0.3, 0.4) is 0 Å². The Morgan fingerprint density at radius 2 is 0.710 bits per heavy atom. The number of ether oxygens (including phenoxy) is 4. The lowest BCUT2D eigenvalue weighted by Gasteiger charge is -2.46. The van der Waals surface area contributed by atoms with Gasteiger partial charge < -0.3 is 65.1 Å². The summed E-state index contributed by atoms with van der Waals surface area (Å²) in [5.74, 6) is -0.233. The molecule has 0 aromatic carbocycles. The lowest BCUT2D eigenvalue weighted by atomic mass is 9.97. The zero-order valence-electron chi connectivity index (χ0n) is 59.8. The highest BCUT2D eigenvalue weighted by Crippen LogP contribution is 2.30. The molecule has 546 valence electrons. The Labute approximate surface area is 569 Å². The van der Waals surface area contributed by atoms with Crippen molar-refractivity contribution in [2.24, 2.45) is 0 Å². The van der Waals surface area contributed by atoms with Crippen molar-refractivity contribution >= 4 is 5.91 Å². The fourth-order valence-electron chi connectivity index (χ4n) is 13.0. The first-order valence-corrected chi connectivity index (χ1v) is 39.4. The molecule has 2 heterocycles. The first kappa shape index (κ1) is 87.0. The van der Waals surface area contributed by atoms with Gasteiger partial charge in [-0.3, -0.25) is 4.79 Å². The minimum Gasteiger partial charge on any atom is -0.394 e. The highest BCUT2D eigenvalue weighted by Gasteiger charge is 2.51. The van der Waals surface area contributed by atoms with E-state index in [0.29, 0.717) is 6.42 Å². The Hall–Kier alpha value is -2.05. The summed E-state index contributed by atoms with van der Waals surface area (Å²) >= 11 is 0. The highest BCUT2D eigenvalue weighted by molar-refractivity contribution is 5.76. The smallest absolute Gasteiger partial charge is 0.220 e. The van der Waals surface area contributed by atoms with Gasteiger partial charge in [0.25, 0.3) is 0 Å². The molecule has 2 aliphatic heterocycles. The fourth-order valence-corrected chi connectivity index (χ4v) is 13.0. The van der Waals surface area contributed by atoms with E-state index in [1.807, 2.05) is 6.08 Å². The van der Waals surface area contributed by atoms with Gasteiger partial charge in [0.05, 0.1) is 32.0 Å². The summed E-state index contributed by atoms with van der Waals surface area (Å²) in [7, 11) is 0. The van der Waals surface area contributed by atoms with E-state index in [9.17, 15) is 45.6 Å². The second kappa shape index (κ2) is 63.4. The van der Waals surface area contributed by atoms with Gasteiger partial charge in [-0.15, -0.1) is 0 Å². The molecule has 93 heavy (non-hydrogen) atoms. The van der Waals surface area contributed by atoms with E-state index in [1.165, 1.54) is 276 Å². The van der Waals surface area contributed by atoms with E-state index in [-0.39, 0.29) is 18.9 Å². The van der Waals surface area contributed by atoms with E-state index < -0.39 is 86.8 Å². The molecule has 0 aromatic rings. The Morgan fingerprint density at radius 3 is 1.09 bits per heavy atom. The predicted molar refractivity (Wildman–Crippen MR) is 383 cm³/mol. The summed E-state index contributed by atoms with van der Waals surface area (Å²) in [6.45, 7) is 2.84. The van der Waals surface area contributed by atoms with Crippen molar-refractivity contribution in [2.75, 3.05) is 19.8 Å². The third-order valence-corrected chi connectivity index (χ3v) is 19.3. The Balaban J connectivity index is 1.61. The minimum absolute atomic E-state index is 0.233. The molecule has 0 radical (unpaired) electrons. The van der Waals surface area contributed by atoms with Crippen LogP contribution in [0, 0.1) is 0 Å². The zero-order valence-corrected chi connectivity index (χ0v) is 59.8. The molecular weight excluding hydrogens is 1170 g/mol. The molecule has 14 nitrogen and oxygen atoms in total. The number of aliphatic hydroxyl groups is 8. The average Bonchev–Trinajstić information content (AvgIpc) is 0.854. The molecule has 0 saturated carbocycles. The monoisotopic (exact) mass is 1320 g/mol. The van der Waals surface area contributed by atoms with Crippen LogP contribution in [0.5, 0.6) is 0 Å². The maximum atomic E-state index is 13.4.